The average Bonchev–Trinajstić information content (AvgIpc) is 2.65. The van der Waals surface area contributed by atoms with Gasteiger partial charge in [-0.15, -0.1) is 0 Å². The maximum absolute atomic E-state index is 11.9. The molecule has 0 bridgehead atoms. The first kappa shape index (κ1) is 12.9. The summed E-state index contributed by atoms with van der Waals surface area (Å²) in [6, 6.07) is -1.00. The first-order valence-electron chi connectivity index (χ1n) is 5.35. The van der Waals surface area contributed by atoms with E-state index >= 15 is 0 Å². The van der Waals surface area contributed by atoms with Gasteiger partial charge in [-0.05, 0) is 19.9 Å². The van der Waals surface area contributed by atoms with Gasteiger partial charge in [0, 0.05) is 19.6 Å². The molecule has 0 aromatic rings. The zero-order valence-corrected chi connectivity index (χ0v) is 9.32. The van der Waals surface area contributed by atoms with Crippen LogP contribution in [0.4, 0.5) is 0 Å². The van der Waals surface area contributed by atoms with E-state index in [0.717, 1.165) is 6.54 Å². The number of carboxylic acids is 1. The van der Waals surface area contributed by atoms with Gasteiger partial charge >= 0.3 is 5.97 Å². The molecule has 2 unspecified atom stereocenters. The number of aliphatic hydroxyl groups excluding tert-OH is 1. The number of rotatable bonds is 5. The van der Waals surface area contributed by atoms with Gasteiger partial charge in [-0.3, -0.25) is 4.79 Å². The van der Waals surface area contributed by atoms with Crippen molar-refractivity contribution < 1.29 is 19.8 Å². The van der Waals surface area contributed by atoms with Crippen molar-refractivity contribution in [2.75, 3.05) is 19.7 Å². The molecule has 1 heterocycles. The molecular weight excluding hydrogens is 212 g/mol. The minimum atomic E-state index is -1.11. The van der Waals surface area contributed by atoms with Gasteiger partial charge < -0.3 is 20.8 Å². The maximum atomic E-state index is 11.9. The van der Waals surface area contributed by atoms with Crippen molar-refractivity contribution in [3.05, 3.63) is 0 Å². The Morgan fingerprint density at radius 1 is 1.56 bits per heavy atom. The van der Waals surface area contributed by atoms with Gasteiger partial charge in [0.2, 0.25) is 5.91 Å². The van der Waals surface area contributed by atoms with E-state index in [4.69, 9.17) is 10.2 Å². The zero-order chi connectivity index (χ0) is 12.2. The third-order valence-electron chi connectivity index (χ3n) is 2.94. The molecule has 4 N–H and O–H groups in total. The van der Waals surface area contributed by atoms with Crippen molar-refractivity contribution in [2.24, 2.45) is 5.41 Å². The summed E-state index contributed by atoms with van der Waals surface area (Å²) >= 11 is 0. The van der Waals surface area contributed by atoms with Crippen LogP contribution in [0.5, 0.6) is 0 Å². The monoisotopic (exact) mass is 230 g/mol. The van der Waals surface area contributed by atoms with Gasteiger partial charge in [0.05, 0.1) is 5.41 Å². The molecule has 1 amide bonds. The predicted octanol–water partition coefficient (Wildman–Crippen LogP) is -1.06. The minimum absolute atomic E-state index is 0.0323. The molecule has 1 fully saturated rings. The smallest absolute Gasteiger partial charge is 0.326 e. The first-order chi connectivity index (χ1) is 7.49. The minimum Gasteiger partial charge on any atom is -0.480 e. The summed E-state index contributed by atoms with van der Waals surface area (Å²) in [6.45, 7) is 2.87. The molecule has 0 aromatic heterocycles. The van der Waals surface area contributed by atoms with Crippen molar-refractivity contribution in [2.45, 2.75) is 25.8 Å². The fourth-order valence-electron chi connectivity index (χ4n) is 1.73. The topological polar surface area (TPSA) is 98.7 Å². The molecule has 0 aliphatic carbocycles. The molecule has 0 saturated carbocycles. The van der Waals surface area contributed by atoms with Crippen LogP contribution in [-0.2, 0) is 9.59 Å². The van der Waals surface area contributed by atoms with Crippen LogP contribution in [-0.4, -0.2) is 47.8 Å². The summed E-state index contributed by atoms with van der Waals surface area (Å²) in [5.74, 6) is -1.38. The number of carbonyl (C=O) groups excluding carboxylic acids is 1. The highest BCUT2D eigenvalue weighted by Crippen LogP contribution is 2.24. The maximum Gasteiger partial charge on any atom is 0.326 e. The van der Waals surface area contributed by atoms with Gasteiger partial charge in [0.1, 0.15) is 6.04 Å². The van der Waals surface area contributed by atoms with Crippen LogP contribution in [0.2, 0.25) is 0 Å². The fourth-order valence-corrected chi connectivity index (χ4v) is 1.73. The first-order valence-corrected chi connectivity index (χ1v) is 5.35. The van der Waals surface area contributed by atoms with Crippen molar-refractivity contribution in [3.8, 4) is 0 Å². The van der Waals surface area contributed by atoms with Crippen molar-refractivity contribution in [1.29, 1.82) is 0 Å². The summed E-state index contributed by atoms with van der Waals surface area (Å²) in [5.41, 5.74) is -0.539. The van der Waals surface area contributed by atoms with E-state index in [2.05, 4.69) is 10.6 Å². The van der Waals surface area contributed by atoms with Gasteiger partial charge in [-0.25, -0.2) is 4.79 Å². The molecule has 6 nitrogen and oxygen atoms in total. The Labute approximate surface area is 94.0 Å². The highest BCUT2D eigenvalue weighted by Gasteiger charge is 2.37. The number of hydrogen-bond acceptors (Lipinski definition) is 4. The summed E-state index contributed by atoms with van der Waals surface area (Å²) in [6.07, 6.45) is 0.731. The SMILES string of the molecule is CC1(C(=O)NC(CCO)C(=O)O)CCNC1. The Morgan fingerprint density at radius 3 is 2.69 bits per heavy atom. The largest absolute Gasteiger partial charge is 0.480 e. The Balaban J connectivity index is 2.57. The molecule has 6 heteroatoms. The zero-order valence-electron chi connectivity index (χ0n) is 9.32. The van der Waals surface area contributed by atoms with Gasteiger partial charge in [0.25, 0.3) is 0 Å². The number of aliphatic hydroxyl groups is 1. The molecule has 1 aliphatic rings. The van der Waals surface area contributed by atoms with Crippen LogP contribution < -0.4 is 10.6 Å². The van der Waals surface area contributed by atoms with E-state index in [1.54, 1.807) is 6.92 Å². The number of aliphatic carboxylic acids is 1. The number of hydrogen-bond donors (Lipinski definition) is 4. The average molecular weight is 230 g/mol. The van der Waals surface area contributed by atoms with Crippen LogP contribution in [0.15, 0.2) is 0 Å². The quantitative estimate of drug-likeness (QED) is 0.482. The molecule has 1 saturated heterocycles. The van der Waals surface area contributed by atoms with E-state index in [1.165, 1.54) is 0 Å². The Hall–Kier alpha value is -1.14. The van der Waals surface area contributed by atoms with E-state index in [9.17, 15) is 9.59 Å². The lowest BCUT2D eigenvalue weighted by Gasteiger charge is -2.24. The molecule has 1 aliphatic heterocycles. The molecule has 2 atom stereocenters. The summed E-state index contributed by atoms with van der Waals surface area (Å²) in [5, 5.41) is 23.1. The molecule has 0 aromatic carbocycles. The summed E-state index contributed by atoms with van der Waals surface area (Å²) < 4.78 is 0. The highest BCUT2D eigenvalue weighted by molar-refractivity contribution is 5.87. The lowest BCUT2D eigenvalue weighted by atomic mass is 9.88. The molecular formula is C10H18N2O4. The number of carbonyl (C=O) groups is 2. The van der Waals surface area contributed by atoms with Crippen LogP contribution in [0.25, 0.3) is 0 Å². The summed E-state index contributed by atoms with van der Waals surface area (Å²) in [7, 11) is 0. The molecule has 92 valence electrons. The lowest BCUT2D eigenvalue weighted by Crippen LogP contribution is -2.48. The predicted molar refractivity (Wildman–Crippen MR) is 56.9 cm³/mol. The second-order valence-electron chi connectivity index (χ2n) is 4.36. The molecule has 1 rings (SSSR count). The van der Waals surface area contributed by atoms with Crippen LogP contribution in [0.3, 0.4) is 0 Å². The van der Waals surface area contributed by atoms with Crippen molar-refractivity contribution in [1.82, 2.24) is 10.6 Å². The van der Waals surface area contributed by atoms with Gasteiger partial charge in [0.15, 0.2) is 0 Å². The summed E-state index contributed by atoms with van der Waals surface area (Å²) in [4.78, 5) is 22.7. The fraction of sp³-hybridized carbons (Fsp3) is 0.800. The Bertz CT molecular complexity index is 274. The van der Waals surface area contributed by atoms with E-state index in [1.807, 2.05) is 0 Å². The number of amides is 1. The van der Waals surface area contributed by atoms with Crippen LogP contribution >= 0.6 is 0 Å². The molecule has 0 radical (unpaired) electrons. The van der Waals surface area contributed by atoms with Crippen LogP contribution in [0.1, 0.15) is 19.8 Å². The van der Waals surface area contributed by atoms with E-state index < -0.39 is 17.4 Å². The molecule has 0 spiro atoms. The third-order valence-corrected chi connectivity index (χ3v) is 2.94. The van der Waals surface area contributed by atoms with Crippen molar-refractivity contribution in [3.63, 3.8) is 0 Å². The standard InChI is InChI=1S/C10H18N2O4/c1-10(3-4-11-6-10)9(16)12-7(2-5-13)8(14)15/h7,11,13H,2-6H2,1H3,(H,12,16)(H,14,15). The second-order valence-corrected chi connectivity index (χ2v) is 4.36. The number of carboxylic acid groups (broad SMARTS) is 1. The second kappa shape index (κ2) is 5.27. The third kappa shape index (κ3) is 2.93. The Morgan fingerprint density at radius 2 is 2.25 bits per heavy atom. The van der Waals surface area contributed by atoms with Gasteiger partial charge in [-0.1, -0.05) is 0 Å². The van der Waals surface area contributed by atoms with Crippen LogP contribution in [0, 0.1) is 5.41 Å². The van der Waals surface area contributed by atoms with Crippen molar-refractivity contribution >= 4 is 11.9 Å². The lowest BCUT2D eigenvalue weighted by molar-refractivity contribution is -0.143. The van der Waals surface area contributed by atoms with E-state index in [0.29, 0.717) is 13.0 Å². The Kier molecular flexibility index (Phi) is 4.26. The highest BCUT2D eigenvalue weighted by atomic mass is 16.4. The van der Waals surface area contributed by atoms with E-state index in [-0.39, 0.29) is 18.9 Å². The van der Waals surface area contributed by atoms with Gasteiger partial charge in [-0.2, -0.15) is 0 Å². The molecule has 16 heavy (non-hydrogen) atoms. The normalized spacial score (nSPS) is 26.4. The number of nitrogens with one attached hydrogen (secondary N) is 2.